The summed E-state index contributed by atoms with van der Waals surface area (Å²) in [5, 5.41) is 9.61. The first-order valence-electron chi connectivity index (χ1n) is 24.7. The highest BCUT2D eigenvalue weighted by molar-refractivity contribution is 5.70. The van der Waals surface area contributed by atoms with Crippen molar-refractivity contribution in [3.05, 3.63) is 134 Å². The summed E-state index contributed by atoms with van der Waals surface area (Å²) in [5.41, 5.74) is 0. The van der Waals surface area contributed by atoms with E-state index in [1.807, 2.05) is 0 Å². The summed E-state index contributed by atoms with van der Waals surface area (Å²) >= 11 is 0. The molecule has 0 aliphatic heterocycles. The Balaban J connectivity index is 3.61. The monoisotopic (exact) mass is 855 g/mol. The highest BCUT2D eigenvalue weighted by Crippen LogP contribution is 2.14. The molecule has 0 saturated carbocycles. The van der Waals surface area contributed by atoms with Crippen molar-refractivity contribution in [2.24, 2.45) is 0 Å². The number of carbonyl (C=O) groups is 2. The summed E-state index contributed by atoms with van der Waals surface area (Å²) in [5.74, 6) is -0.671. The molecule has 0 aromatic carbocycles. The molecule has 1 N–H and O–H groups in total. The summed E-state index contributed by atoms with van der Waals surface area (Å²) in [4.78, 5) is 24.4. The second-order valence-electron chi connectivity index (χ2n) is 15.8. The van der Waals surface area contributed by atoms with Gasteiger partial charge in [-0.25, -0.2) is 0 Å². The summed E-state index contributed by atoms with van der Waals surface area (Å²) in [7, 11) is 0. The normalized spacial score (nSPS) is 13.4. The summed E-state index contributed by atoms with van der Waals surface area (Å²) in [6.07, 6.45) is 76.9. The van der Waals surface area contributed by atoms with Crippen LogP contribution in [0.25, 0.3) is 0 Å². The Labute approximate surface area is 381 Å². The molecular weight excluding hydrogens is 765 g/mol. The van der Waals surface area contributed by atoms with Gasteiger partial charge < -0.3 is 14.6 Å². The van der Waals surface area contributed by atoms with E-state index in [9.17, 15) is 14.7 Å². The number of carbonyl (C=O) groups excluding carboxylic acids is 2. The second kappa shape index (κ2) is 51.4. The number of aliphatic hydroxyl groups is 1. The van der Waals surface area contributed by atoms with Gasteiger partial charge in [0.2, 0.25) is 0 Å². The molecule has 5 heteroatoms. The van der Waals surface area contributed by atoms with Crippen LogP contribution < -0.4 is 0 Å². The quantitative estimate of drug-likeness (QED) is 0.0376. The third-order valence-electron chi connectivity index (χ3n) is 9.94. The fraction of sp³-hybridized carbons (Fsp3) is 0.579. The van der Waals surface area contributed by atoms with E-state index in [1.165, 1.54) is 64.2 Å². The van der Waals surface area contributed by atoms with Crippen molar-refractivity contribution in [2.45, 2.75) is 200 Å². The molecule has 0 aliphatic rings. The van der Waals surface area contributed by atoms with Crippen LogP contribution in [0.5, 0.6) is 0 Å². The van der Waals surface area contributed by atoms with Crippen molar-refractivity contribution in [3.8, 4) is 0 Å². The molecule has 0 aliphatic carbocycles. The highest BCUT2D eigenvalue weighted by Gasteiger charge is 2.16. The number of hydrogen-bond donors (Lipinski definition) is 1. The lowest BCUT2D eigenvalue weighted by Crippen LogP contribution is -2.28. The van der Waals surface area contributed by atoms with E-state index in [-0.39, 0.29) is 25.2 Å². The number of esters is 2. The predicted octanol–water partition coefficient (Wildman–Crippen LogP) is 16.5. The third-order valence-corrected chi connectivity index (χ3v) is 9.94. The predicted molar refractivity (Wildman–Crippen MR) is 269 cm³/mol. The van der Waals surface area contributed by atoms with E-state index in [4.69, 9.17) is 9.47 Å². The average molecular weight is 855 g/mol. The third kappa shape index (κ3) is 48.7. The molecule has 0 aromatic heterocycles. The Bertz CT molecular complexity index is 1330. The maximum atomic E-state index is 12.3. The number of allylic oxidation sites excluding steroid dienone is 22. The van der Waals surface area contributed by atoms with Crippen LogP contribution >= 0.6 is 0 Å². The first-order chi connectivity index (χ1) is 30.6. The fourth-order valence-electron chi connectivity index (χ4n) is 6.30. The van der Waals surface area contributed by atoms with Crippen LogP contribution in [0.4, 0.5) is 0 Å². The lowest BCUT2D eigenvalue weighted by molar-refractivity contribution is -0.161. The van der Waals surface area contributed by atoms with Crippen LogP contribution in [0.1, 0.15) is 194 Å². The SMILES string of the molecule is CC/C=C\C/C=C\C/C=C\C/C=C\C/C=C\C/C=C\CCCCCCCCCCCCCCC(=O)OC(CO)COC(=O)CCC/C=C\C/C=C\C/C=C\C/C=C\C/C=C\CC. The molecule has 62 heavy (non-hydrogen) atoms. The Kier molecular flexibility index (Phi) is 48.1. The molecule has 0 bridgehead atoms. The van der Waals surface area contributed by atoms with Crippen molar-refractivity contribution < 1.29 is 24.2 Å². The molecule has 1 atom stereocenters. The molecule has 0 spiro atoms. The number of aliphatic hydroxyl groups excluding tert-OH is 1. The first-order valence-corrected chi connectivity index (χ1v) is 24.7. The van der Waals surface area contributed by atoms with Gasteiger partial charge in [0.1, 0.15) is 6.61 Å². The van der Waals surface area contributed by atoms with Gasteiger partial charge in [-0.1, -0.05) is 212 Å². The minimum Gasteiger partial charge on any atom is -0.462 e. The van der Waals surface area contributed by atoms with Crippen molar-refractivity contribution in [1.82, 2.24) is 0 Å². The van der Waals surface area contributed by atoms with Crippen molar-refractivity contribution in [3.63, 3.8) is 0 Å². The number of rotatable bonds is 43. The maximum Gasteiger partial charge on any atom is 0.306 e. The Morgan fingerprint density at radius 2 is 0.661 bits per heavy atom. The van der Waals surface area contributed by atoms with Gasteiger partial charge in [-0.15, -0.1) is 0 Å². The minimum atomic E-state index is -0.806. The fourth-order valence-corrected chi connectivity index (χ4v) is 6.30. The van der Waals surface area contributed by atoms with Gasteiger partial charge in [-0.05, 0) is 103 Å². The van der Waals surface area contributed by atoms with Gasteiger partial charge in [0.25, 0.3) is 0 Å². The lowest BCUT2D eigenvalue weighted by Gasteiger charge is -2.15. The van der Waals surface area contributed by atoms with E-state index >= 15 is 0 Å². The van der Waals surface area contributed by atoms with Crippen LogP contribution in [-0.2, 0) is 19.1 Å². The largest absolute Gasteiger partial charge is 0.462 e. The van der Waals surface area contributed by atoms with Crippen molar-refractivity contribution in [1.29, 1.82) is 0 Å². The lowest BCUT2D eigenvalue weighted by atomic mass is 10.0. The van der Waals surface area contributed by atoms with E-state index in [1.54, 1.807) is 0 Å². The average Bonchev–Trinajstić information content (AvgIpc) is 3.28. The van der Waals surface area contributed by atoms with Crippen LogP contribution in [-0.4, -0.2) is 36.4 Å². The van der Waals surface area contributed by atoms with Gasteiger partial charge in [0, 0.05) is 12.8 Å². The topological polar surface area (TPSA) is 72.8 Å². The molecule has 0 rings (SSSR count). The molecule has 0 heterocycles. The maximum absolute atomic E-state index is 12.3. The highest BCUT2D eigenvalue weighted by atomic mass is 16.6. The Hall–Kier alpha value is -3.96. The molecule has 0 amide bonds. The zero-order valence-corrected chi connectivity index (χ0v) is 39.6. The van der Waals surface area contributed by atoms with E-state index in [0.29, 0.717) is 19.3 Å². The minimum absolute atomic E-state index is 0.104. The van der Waals surface area contributed by atoms with Gasteiger partial charge in [0.15, 0.2) is 6.10 Å². The molecular formula is C57H90O5. The number of hydrogen-bond acceptors (Lipinski definition) is 5. The molecule has 1 unspecified atom stereocenters. The van der Waals surface area contributed by atoms with Gasteiger partial charge in [-0.2, -0.15) is 0 Å². The second-order valence-corrected chi connectivity index (χ2v) is 15.8. The van der Waals surface area contributed by atoms with Gasteiger partial charge in [0.05, 0.1) is 6.61 Å². The summed E-state index contributed by atoms with van der Waals surface area (Å²) in [6.45, 7) is 3.85. The van der Waals surface area contributed by atoms with Crippen molar-refractivity contribution in [2.75, 3.05) is 13.2 Å². The molecule has 0 radical (unpaired) electrons. The molecule has 5 nitrogen and oxygen atoms in total. The Morgan fingerprint density at radius 1 is 0.371 bits per heavy atom. The summed E-state index contributed by atoms with van der Waals surface area (Å²) in [6, 6.07) is 0. The van der Waals surface area contributed by atoms with E-state index < -0.39 is 6.10 Å². The number of unbranched alkanes of at least 4 members (excludes halogenated alkanes) is 13. The van der Waals surface area contributed by atoms with Crippen LogP contribution in [0, 0.1) is 0 Å². The standard InChI is InChI=1S/C57H90O5/c1-3-5-7-9-11-13-15-17-19-21-22-23-24-25-26-27-28-29-30-31-32-33-34-36-38-40-42-44-46-48-50-52-57(60)62-55(53-58)54-61-56(59)51-49-47-45-43-41-39-37-35-20-18-16-14-12-10-8-6-4-2/h5-8,11-14,17-20,22-23,25-26,28-29,37,39,43,45,55,58H,3-4,9-10,15-16,21,24,27,30-36,38,40-42,44,46-54H2,1-2H3/b7-5-,8-6-,13-11-,14-12-,19-17-,20-18-,23-22-,26-25-,29-28-,39-37-,45-43-. The van der Waals surface area contributed by atoms with Crippen LogP contribution in [0.3, 0.4) is 0 Å². The van der Waals surface area contributed by atoms with Gasteiger partial charge in [-0.3, -0.25) is 9.59 Å². The zero-order chi connectivity index (χ0) is 44.9. The smallest absolute Gasteiger partial charge is 0.306 e. The molecule has 348 valence electrons. The van der Waals surface area contributed by atoms with Crippen LogP contribution in [0.2, 0.25) is 0 Å². The number of ether oxygens (including phenoxy) is 2. The molecule has 0 saturated heterocycles. The van der Waals surface area contributed by atoms with Crippen LogP contribution in [0.15, 0.2) is 134 Å². The molecule has 0 fully saturated rings. The van der Waals surface area contributed by atoms with E-state index in [0.717, 1.165) is 96.3 Å². The summed E-state index contributed by atoms with van der Waals surface area (Å²) < 4.78 is 10.6. The Morgan fingerprint density at radius 3 is 1.02 bits per heavy atom. The zero-order valence-electron chi connectivity index (χ0n) is 39.6. The van der Waals surface area contributed by atoms with Crippen molar-refractivity contribution >= 4 is 11.9 Å². The first kappa shape index (κ1) is 58.0. The van der Waals surface area contributed by atoms with E-state index in [2.05, 4.69) is 148 Å². The van der Waals surface area contributed by atoms with Gasteiger partial charge >= 0.3 is 11.9 Å². The molecule has 0 aromatic rings.